The van der Waals surface area contributed by atoms with Gasteiger partial charge in [0.25, 0.3) is 5.69 Å². The summed E-state index contributed by atoms with van der Waals surface area (Å²) in [6, 6.07) is 15.5. The molecule has 0 aliphatic heterocycles. The number of nitrogen functional groups attached to an aromatic ring is 1. The number of aromatic nitrogens is 1. The number of nitrogens with zero attached hydrogens (tertiary/aromatic N) is 3. The number of methoxy groups -OCH3 is 1. The van der Waals surface area contributed by atoms with E-state index >= 15 is 0 Å². The molecule has 2 aromatic carbocycles. The van der Waals surface area contributed by atoms with Crippen LogP contribution in [-0.4, -0.2) is 17.0 Å². The van der Waals surface area contributed by atoms with Crippen LogP contribution in [0.4, 0.5) is 11.5 Å². The lowest BCUT2D eigenvalue weighted by molar-refractivity contribution is -0.384. The smallest absolute Gasteiger partial charge is 0.270 e. The van der Waals surface area contributed by atoms with Crippen LogP contribution in [0.2, 0.25) is 0 Å². The first-order chi connectivity index (χ1) is 13.0. The van der Waals surface area contributed by atoms with Crippen LogP contribution in [0.3, 0.4) is 0 Å². The van der Waals surface area contributed by atoms with Crippen LogP contribution >= 0.6 is 0 Å². The highest BCUT2D eigenvalue weighted by molar-refractivity contribution is 5.93. The van der Waals surface area contributed by atoms with Gasteiger partial charge in [-0.3, -0.25) is 10.1 Å². The van der Waals surface area contributed by atoms with Crippen LogP contribution in [0, 0.1) is 28.4 Å². The summed E-state index contributed by atoms with van der Waals surface area (Å²) in [7, 11) is 1.55. The Hall–Kier alpha value is -3.92. The fourth-order valence-corrected chi connectivity index (χ4v) is 3.08. The number of nitrogens with two attached hydrogens (primary N) is 1. The summed E-state index contributed by atoms with van der Waals surface area (Å²) in [6.07, 6.45) is 0. The normalized spacial score (nSPS) is 10.3. The second kappa shape index (κ2) is 7.14. The lowest BCUT2D eigenvalue weighted by Crippen LogP contribution is -2.04. The Morgan fingerprint density at radius 1 is 1.19 bits per heavy atom. The maximum Gasteiger partial charge on any atom is 0.270 e. The number of nitro groups is 1. The number of ether oxygens (including phenoxy) is 1. The highest BCUT2D eigenvalue weighted by Crippen LogP contribution is 2.42. The van der Waals surface area contributed by atoms with E-state index in [1.165, 1.54) is 12.1 Å². The topological polar surface area (TPSA) is 115 Å². The van der Waals surface area contributed by atoms with Gasteiger partial charge in [0, 0.05) is 34.5 Å². The number of para-hydroxylation sites is 1. The summed E-state index contributed by atoms with van der Waals surface area (Å²) >= 11 is 0. The van der Waals surface area contributed by atoms with E-state index in [-0.39, 0.29) is 17.1 Å². The van der Waals surface area contributed by atoms with Crippen LogP contribution < -0.4 is 10.5 Å². The molecule has 0 aliphatic carbocycles. The van der Waals surface area contributed by atoms with Gasteiger partial charge in [-0.25, -0.2) is 4.98 Å². The Bertz CT molecular complexity index is 1090. The maximum absolute atomic E-state index is 11.2. The second-order valence-electron chi connectivity index (χ2n) is 5.83. The molecule has 0 spiro atoms. The molecule has 0 atom stereocenters. The first-order valence-corrected chi connectivity index (χ1v) is 8.06. The molecular weight excluding hydrogens is 344 g/mol. The monoisotopic (exact) mass is 360 g/mol. The lowest BCUT2D eigenvalue weighted by Gasteiger charge is -2.18. The molecule has 0 radical (unpaired) electrons. The zero-order chi connectivity index (χ0) is 19.6. The van der Waals surface area contributed by atoms with Gasteiger partial charge in [-0.1, -0.05) is 30.3 Å². The molecule has 1 aromatic heterocycles. The van der Waals surface area contributed by atoms with Gasteiger partial charge in [-0.2, -0.15) is 5.26 Å². The molecule has 0 amide bonds. The number of nitro benzene ring substituents is 1. The molecule has 1 heterocycles. The van der Waals surface area contributed by atoms with Crippen molar-refractivity contribution in [2.24, 2.45) is 0 Å². The van der Waals surface area contributed by atoms with E-state index in [1.54, 1.807) is 32.2 Å². The van der Waals surface area contributed by atoms with E-state index in [0.717, 1.165) is 5.56 Å². The van der Waals surface area contributed by atoms with E-state index in [4.69, 9.17) is 10.5 Å². The molecule has 0 bridgehead atoms. The lowest BCUT2D eigenvalue weighted by atomic mass is 9.89. The summed E-state index contributed by atoms with van der Waals surface area (Å²) < 4.78 is 5.46. The van der Waals surface area contributed by atoms with Crippen LogP contribution in [0.25, 0.3) is 22.3 Å². The third-order valence-corrected chi connectivity index (χ3v) is 4.24. The van der Waals surface area contributed by atoms with Crippen LogP contribution in [0.15, 0.2) is 48.5 Å². The quantitative estimate of drug-likeness (QED) is 0.553. The van der Waals surface area contributed by atoms with Crippen molar-refractivity contribution in [3.05, 3.63) is 69.9 Å². The summed E-state index contributed by atoms with van der Waals surface area (Å²) in [4.78, 5) is 15.0. The zero-order valence-electron chi connectivity index (χ0n) is 14.8. The van der Waals surface area contributed by atoms with Gasteiger partial charge in [-0.15, -0.1) is 0 Å². The number of aryl methyl sites for hydroxylation is 1. The fraction of sp³-hybridized carbons (Fsp3) is 0.100. The molecule has 0 fully saturated rings. The van der Waals surface area contributed by atoms with E-state index in [0.29, 0.717) is 28.1 Å². The molecule has 134 valence electrons. The van der Waals surface area contributed by atoms with Crippen molar-refractivity contribution >= 4 is 11.5 Å². The van der Waals surface area contributed by atoms with Crippen LogP contribution in [0.5, 0.6) is 5.75 Å². The molecule has 0 saturated carbocycles. The Labute approximate surface area is 155 Å². The molecule has 3 rings (SSSR count). The number of hydrogen-bond acceptors (Lipinski definition) is 6. The first-order valence-electron chi connectivity index (χ1n) is 8.06. The van der Waals surface area contributed by atoms with Crippen molar-refractivity contribution in [2.45, 2.75) is 6.92 Å². The van der Waals surface area contributed by atoms with E-state index in [2.05, 4.69) is 11.1 Å². The predicted molar refractivity (Wildman–Crippen MR) is 102 cm³/mol. The SMILES string of the molecule is COc1ccccc1-c1c(C)nc(N)c(C#N)c1-c1cccc([N+](=O)[O-])c1. The Balaban J connectivity index is 2.44. The van der Waals surface area contributed by atoms with Crippen molar-refractivity contribution in [1.29, 1.82) is 5.26 Å². The number of non-ortho nitro benzene ring substituents is 1. The third kappa shape index (κ3) is 3.16. The van der Waals surface area contributed by atoms with Gasteiger partial charge in [0.05, 0.1) is 12.0 Å². The Morgan fingerprint density at radius 3 is 2.59 bits per heavy atom. The number of rotatable bonds is 4. The Kier molecular flexibility index (Phi) is 4.73. The predicted octanol–water partition coefficient (Wildman–Crippen LogP) is 4.09. The first kappa shape index (κ1) is 17.9. The number of benzene rings is 2. The van der Waals surface area contributed by atoms with Crippen molar-refractivity contribution in [1.82, 2.24) is 4.98 Å². The van der Waals surface area contributed by atoms with E-state index in [1.807, 2.05) is 18.2 Å². The molecule has 3 aromatic rings. The summed E-state index contributed by atoms with van der Waals surface area (Å²) in [5.41, 5.74) is 9.06. The van der Waals surface area contributed by atoms with Crippen LogP contribution in [0.1, 0.15) is 11.3 Å². The van der Waals surface area contributed by atoms with Gasteiger partial charge in [-0.05, 0) is 18.6 Å². The maximum atomic E-state index is 11.2. The van der Waals surface area contributed by atoms with Gasteiger partial charge in [0.1, 0.15) is 23.2 Å². The van der Waals surface area contributed by atoms with Gasteiger partial charge in [0.2, 0.25) is 0 Å². The largest absolute Gasteiger partial charge is 0.496 e. The number of anilines is 1. The summed E-state index contributed by atoms with van der Waals surface area (Å²) in [5.74, 6) is 0.679. The second-order valence-corrected chi connectivity index (χ2v) is 5.83. The summed E-state index contributed by atoms with van der Waals surface area (Å²) in [6.45, 7) is 1.78. The molecule has 7 nitrogen and oxygen atoms in total. The minimum Gasteiger partial charge on any atom is -0.496 e. The van der Waals surface area contributed by atoms with Gasteiger partial charge in [0.15, 0.2) is 0 Å². The average Bonchev–Trinajstić information content (AvgIpc) is 2.67. The van der Waals surface area contributed by atoms with Crippen molar-refractivity contribution < 1.29 is 9.66 Å². The van der Waals surface area contributed by atoms with Gasteiger partial charge < -0.3 is 10.5 Å². The minimum absolute atomic E-state index is 0.0737. The molecule has 0 saturated heterocycles. The fourth-order valence-electron chi connectivity index (χ4n) is 3.08. The number of pyridine rings is 1. The number of hydrogen-bond donors (Lipinski definition) is 1. The molecule has 0 unspecified atom stereocenters. The molecule has 0 aliphatic rings. The van der Waals surface area contributed by atoms with E-state index in [9.17, 15) is 15.4 Å². The standard InChI is InChI=1S/C20H16N4O3/c1-12-18(15-8-3-4-9-17(15)27-2)19(16(11-21)20(22)23-12)13-6-5-7-14(10-13)24(25)26/h3-10H,1-2H3,(H2,22,23). The zero-order valence-corrected chi connectivity index (χ0v) is 14.8. The average molecular weight is 360 g/mol. The molecule has 2 N–H and O–H groups in total. The molecular formula is C20H16N4O3. The van der Waals surface area contributed by atoms with Crippen molar-refractivity contribution in [3.63, 3.8) is 0 Å². The number of nitriles is 1. The highest BCUT2D eigenvalue weighted by atomic mass is 16.6. The Morgan fingerprint density at radius 2 is 1.93 bits per heavy atom. The van der Waals surface area contributed by atoms with Gasteiger partial charge >= 0.3 is 0 Å². The minimum atomic E-state index is -0.476. The molecule has 27 heavy (non-hydrogen) atoms. The van der Waals surface area contributed by atoms with Crippen molar-refractivity contribution in [3.8, 4) is 34.1 Å². The van der Waals surface area contributed by atoms with E-state index < -0.39 is 4.92 Å². The highest BCUT2D eigenvalue weighted by Gasteiger charge is 2.22. The van der Waals surface area contributed by atoms with Crippen molar-refractivity contribution in [2.75, 3.05) is 12.8 Å². The summed E-state index contributed by atoms with van der Waals surface area (Å²) in [5, 5.41) is 20.9. The van der Waals surface area contributed by atoms with Crippen LogP contribution in [-0.2, 0) is 0 Å². The molecule has 7 heteroatoms. The third-order valence-electron chi connectivity index (χ3n) is 4.24.